The molecule has 0 radical (unpaired) electrons. The molecule has 1 aromatic heterocycles. The summed E-state index contributed by atoms with van der Waals surface area (Å²) in [4.78, 5) is 21.4. The van der Waals surface area contributed by atoms with Crippen LogP contribution in [0.2, 0.25) is 0 Å². The molecule has 0 aliphatic heterocycles. The molecule has 0 spiro atoms. The van der Waals surface area contributed by atoms with Gasteiger partial charge in [-0.2, -0.15) is 0 Å². The molecule has 0 unspecified atom stereocenters. The summed E-state index contributed by atoms with van der Waals surface area (Å²) >= 11 is 0. The molecule has 5 nitrogen and oxygen atoms in total. The van der Waals surface area contributed by atoms with Crippen molar-refractivity contribution in [2.24, 2.45) is 0 Å². The highest BCUT2D eigenvalue weighted by Gasteiger charge is 2.09. The lowest BCUT2D eigenvalue weighted by molar-refractivity contribution is -0.136. The van der Waals surface area contributed by atoms with Crippen molar-refractivity contribution in [3.63, 3.8) is 0 Å². The summed E-state index contributed by atoms with van der Waals surface area (Å²) < 4.78 is 0. The Hall–Kier alpha value is -1.52. The highest BCUT2D eigenvalue weighted by atomic mass is 16.4. The quantitative estimate of drug-likeness (QED) is 0.628. The number of rotatable bonds is 4. The molecule has 72 valence electrons. The number of nitrogens with one attached hydrogen (secondary N) is 2. The van der Waals surface area contributed by atoms with E-state index in [-0.39, 0.29) is 18.4 Å². The van der Waals surface area contributed by atoms with Gasteiger partial charge in [0.2, 0.25) is 0 Å². The van der Waals surface area contributed by atoms with Crippen LogP contribution in [0.4, 0.5) is 0 Å². The number of hydrogen-bond acceptors (Lipinski definition) is 2. The zero-order chi connectivity index (χ0) is 9.84. The maximum atomic E-state index is 11.1. The van der Waals surface area contributed by atoms with Crippen molar-refractivity contribution < 1.29 is 9.90 Å². The molecule has 1 heterocycles. The monoisotopic (exact) mass is 184 g/mol. The Morgan fingerprint density at radius 3 is 2.69 bits per heavy atom. The minimum atomic E-state index is -0.886. The molecule has 0 bridgehead atoms. The van der Waals surface area contributed by atoms with Gasteiger partial charge in [0.1, 0.15) is 0 Å². The summed E-state index contributed by atoms with van der Waals surface area (Å²) in [7, 11) is 0. The maximum absolute atomic E-state index is 11.1. The van der Waals surface area contributed by atoms with E-state index >= 15 is 0 Å². The molecule has 13 heavy (non-hydrogen) atoms. The van der Waals surface area contributed by atoms with Gasteiger partial charge in [-0.15, -0.1) is 0 Å². The number of H-pyrrole nitrogens is 2. The van der Waals surface area contributed by atoms with Gasteiger partial charge < -0.3 is 10.2 Å². The molecule has 0 aliphatic carbocycles. The van der Waals surface area contributed by atoms with Crippen LogP contribution in [0.25, 0.3) is 0 Å². The van der Waals surface area contributed by atoms with Gasteiger partial charge in [-0.05, 0) is 12.8 Å². The Morgan fingerprint density at radius 2 is 2.15 bits per heavy atom. The Bertz CT molecular complexity index is 351. The lowest BCUT2D eigenvalue weighted by Gasteiger charge is -1.95. The first kappa shape index (κ1) is 9.57. The Morgan fingerprint density at radius 1 is 1.46 bits per heavy atom. The molecule has 0 fully saturated rings. The van der Waals surface area contributed by atoms with E-state index in [1.807, 2.05) is 6.92 Å². The molecule has 1 aromatic rings. The summed E-state index contributed by atoms with van der Waals surface area (Å²) in [5.74, 6) is -0.886. The fraction of sp³-hybridized carbons (Fsp3) is 0.500. The zero-order valence-electron chi connectivity index (χ0n) is 7.39. The van der Waals surface area contributed by atoms with Crippen molar-refractivity contribution >= 4 is 5.97 Å². The van der Waals surface area contributed by atoms with Crippen LogP contribution >= 0.6 is 0 Å². The first-order valence-electron chi connectivity index (χ1n) is 4.15. The summed E-state index contributed by atoms with van der Waals surface area (Å²) in [5.41, 5.74) is 1.15. The van der Waals surface area contributed by atoms with Gasteiger partial charge in [-0.1, -0.05) is 6.92 Å². The number of carboxylic acid groups (broad SMARTS) is 1. The van der Waals surface area contributed by atoms with Crippen LogP contribution < -0.4 is 5.56 Å². The molecule has 0 atom stereocenters. The van der Waals surface area contributed by atoms with Gasteiger partial charge in [0, 0.05) is 17.7 Å². The number of aromatic nitrogens is 2. The lowest BCUT2D eigenvalue weighted by atomic mass is 10.1. The predicted octanol–water partition coefficient (Wildman–Crippen LogP) is 0.283. The van der Waals surface area contributed by atoms with Crippen molar-refractivity contribution in [2.45, 2.75) is 26.2 Å². The van der Waals surface area contributed by atoms with Crippen molar-refractivity contribution in [2.75, 3.05) is 0 Å². The topological polar surface area (TPSA) is 86.0 Å². The van der Waals surface area contributed by atoms with Gasteiger partial charge in [-0.3, -0.25) is 14.7 Å². The molecule has 0 aromatic carbocycles. The van der Waals surface area contributed by atoms with E-state index in [0.717, 1.165) is 5.69 Å². The molecule has 0 saturated heterocycles. The molecule has 0 aliphatic rings. The number of aliphatic carboxylic acids is 1. The summed E-state index contributed by atoms with van der Waals surface area (Å²) in [5, 5.41) is 13.6. The van der Waals surface area contributed by atoms with Crippen molar-refractivity contribution in [3.8, 4) is 0 Å². The number of hydrogen-bond donors (Lipinski definition) is 3. The maximum Gasteiger partial charge on any atom is 0.303 e. The van der Waals surface area contributed by atoms with Gasteiger partial charge in [0.15, 0.2) is 0 Å². The van der Waals surface area contributed by atoms with Crippen LogP contribution in [0.15, 0.2) is 4.79 Å². The van der Waals surface area contributed by atoms with Crippen molar-refractivity contribution in [1.29, 1.82) is 0 Å². The Labute approximate surface area is 74.8 Å². The van der Waals surface area contributed by atoms with Gasteiger partial charge >= 0.3 is 5.97 Å². The molecule has 1 rings (SSSR count). The second-order valence-corrected chi connectivity index (χ2v) is 2.78. The average Bonchev–Trinajstić information content (AvgIpc) is 2.43. The standard InChI is InChI=1S/C8H12N2O3/c1-2-6-5(3-4-7(11)12)8(13)10-9-6/h2-4H2,1H3,(H,11,12)(H2,9,10,13). The molecule has 3 N–H and O–H groups in total. The van der Waals surface area contributed by atoms with E-state index in [9.17, 15) is 9.59 Å². The first-order valence-corrected chi connectivity index (χ1v) is 4.15. The molecular weight excluding hydrogens is 172 g/mol. The minimum absolute atomic E-state index is 0.00602. The normalized spacial score (nSPS) is 10.2. The zero-order valence-corrected chi connectivity index (χ0v) is 7.39. The Kier molecular flexibility index (Phi) is 2.89. The predicted molar refractivity (Wildman–Crippen MR) is 46.7 cm³/mol. The van der Waals surface area contributed by atoms with Crippen LogP contribution in [-0.2, 0) is 17.6 Å². The van der Waals surface area contributed by atoms with E-state index in [0.29, 0.717) is 12.0 Å². The SMILES string of the molecule is CCc1[nH][nH]c(=O)c1CCC(=O)O. The largest absolute Gasteiger partial charge is 0.481 e. The third-order valence-electron chi connectivity index (χ3n) is 1.91. The average molecular weight is 184 g/mol. The van der Waals surface area contributed by atoms with Crippen LogP contribution in [0.5, 0.6) is 0 Å². The summed E-state index contributed by atoms with van der Waals surface area (Å²) in [6.07, 6.45) is 0.985. The number of aromatic amines is 2. The molecule has 0 saturated carbocycles. The van der Waals surface area contributed by atoms with Crippen LogP contribution in [0.3, 0.4) is 0 Å². The second-order valence-electron chi connectivity index (χ2n) is 2.78. The van der Waals surface area contributed by atoms with Crippen LogP contribution in [-0.4, -0.2) is 21.3 Å². The third kappa shape index (κ3) is 2.21. The number of aryl methyl sites for hydroxylation is 1. The lowest BCUT2D eigenvalue weighted by Crippen LogP contribution is -2.09. The van der Waals surface area contributed by atoms with Gasteiger partial charge in [-0.25, -0.2) is 0 Å². The van der Waals surface area contributed by atoms with Crippen molar-refractivity contribution in [1.82, 2.24) is 10.2 Å². The fourth-order valence-corrected chi connectivity index (χ4v) is 1.22. The van der Waals surface area contributed by atoms with E-state index in [2.05, 4.69) is 10.2 Å². The molecular formula is C8H12N2O3. The van der Waals surface area contributed by atoms with Gasteiger partial charge in [0.05, 0.1) is 0 Å². The fourth-order valence-electron chi connectivity index (χ4n) is 1.22. The minimum Gasteiger partial charge on any atom is -0.481 e. The second kappa shape index (κ2) is 3.93. The van der Waals surface area contributed by atoms with E-state index < -0.39 is 5.97 Å². The van der Waals surface area contributed by atoms with E-state index in [1.54, 1.807) is 0 Å². The van der Waals surface area contributed by atoms with Crippen molar-refractivity contribution in [3.05, 3.63) is 21.6 Å². The van der Waals surface area contributed by atoms with Gasteiger partial charge in [0.25, 0.3) is 5.56 Å². The first-order chi connectivity index (χ1) is 6.15. The third-order valence-corrected chi connectivity index (χ3v) is 1.91. The van der Waals surface area contributed by atoms with Crippen LogP contribution in [0, 0.1) is 0 Å². The summed E-state index contributed by atoms with van der Waals surface area (Å²) in [6.45, 7) is 1.91. The molecule has 5 heteroatoms. The smallest absolute Gasteiger partial charge is 0.303 e. The van der Waals surface area contributed by atoms with Crippen LogP contribution in [0.1, 0.15) is 24.6 Å². The Balaban J connectivity index is 2.79. The highest BCUT2D eigenvalue weighted by molar-refractivity contribution is 5.67. The summed E-state index contributed by atoms with van der Waals surface area (Å²) in [6, 6.07) is 0. The number of carbonyl (C=O) groups is 1. The highest BCUT2D eigenvalue weighted by Crippen LogP contribution is 2.03. The molecule has 0 amide bonds. The van der Waals surface area contributed by atoms with E-state index in [4.69, 9.17) is 5.11 Å². The van der Waals surface area contributed by atoms with E-state index in [1.165, 1.54) is 0 Å². The number of carboxylic acids is 1.